The highest BCUT2D eigenvalue weighted by Crippen LogP contribution is 2.40. The number of fused-ring (bicyclic) bond motifs is 1. The molecule has 0 spiro atoms. The first-order chi connectivity index (χ1) is 10.3. The molecular weight excluding hydrogens is 262 g/mol. The minimum Gasteiger partial charge on any atom is -0.486 e. The van der Waals surface area contributed by atoms with Gasteiger partial charge in [-0.15, -0.1) is 0 Å². The highest BCUT2D eigenvalue weighted by atomic mass is 16.6. The van der Waals surface area contributed by atoms with E-state index in [4.69, 9.17) is 9.47 Å². The van der Waals surface area contributed by atoms with Crippen molar-refractivity contribution in [1.82, 2.24) is 5.32 Å². The predicted octanol–water partition coefficient (Wildman–Crippen LogP) is 3.93. The Kier molecular flexibility index (Phi) is 4.69. The lowest BCUT2D eigenvalue weighted by Crippen LogP contribution is -2.31. The summed E-state index contributed by atoms with van der Waals surface area (Å²) < 4.78 is 11.4. The second kappa shape index (κ2) is 6.69. The van der Waals surface area contributed by atoms with Crippen LogP contribution in [0.2, 0.25) is 0 Å². The fourth-order valence-electron chi connectivity index (χ4n) is 3.81. The van der Waals surface area contributed by atoms with E-state index in [1.165, 1.54) is 31.2 Å². The molecule has 0 radical (unpaired) electrons. The minimum atomic E-state index is 0.438. The van der Waals surface area contributed by atoms with Crippen LogP contribution in [0, 0.1) is 11.8 Å². The number of nitrogens with one attached hydrogen (secondary N) is 1. The number of rotatable bonds is 4. The van der Waals surface area contributed by atoms with Crippen LogP contribution < -0.4 is 14.8 Å². The highest BCUT2D eigenvalue weighted by molar-refractivity contribution is 5.44. The minimum absolute atomic E-state index is 0.438. The third-order valence-corrected chi connectivity index (χ3v) is 4.80. The normalized spacial score (nSPS) is 26.4. The third kappa shape index (κ3) is 3.34. The summed E-state index contributed by atoms with van der Waals surface area (Å²) in [5, 5.41) is 3.70. The van der Waals surface area contributed by atoms with Crippen LogP contribution >= 0.6 is 0 Å². The average molecular weight is 289 g/mol. The molecule has 0 saturated heterocycles. The summed E-state index contributed by atoms with van der Waals surface area (Å²) in [5.74, 6) is 3.38. The zero-order chi connectivity index (χ0) is 14.7. The summed E-state index contributed by atoms with van der Waals surface area (Å²) in [6.07, 6.45) is 5.40. The Morgan fingerprint density at radius 1 is 1.19 bits per heavy atom. The summed E-state index contributed by atoms with van der Waals surface area (Å²) in [4.78, 5) is 0. The molecule has 3 nitrogen and oxygen atoms in total. The Morgan fingerprint density at radius 3 is 2.76 bits per heavy atom. The van der Waals surface area contributed by atoms with E-state index in [2.05, 4.69) is 37.4 Å². The topological polar surface area (TPSA) is 30.5 Å². The Bertz CT molecular complexity index is 474. The van der Waals surface area contributed by atoms with Crippen LogP contribution in [0.1, 0.15) is 51.1 Å². The highest BCUT2D eigenvalue weighted by Gasteiger charge is 2.28. The smallest absolute Gasteiger partial charge is 0.161 e. The Morgan fingerprint density at radius 2 is 2.00 bits per heavy atom. The van der Waals surface area contributed by atoms with Gasteiger partial charge in [0.05, 0.1) is 0 Å². The molecule has 3 atom stereocenters. The molecule has 1 fully saturated rings. The summed E-state index contributed by atoms with van der Waals surface area (Å²) in [7, 11) is 0. The number of hydrogen-bond donors (Lipinski definition) is 1. The molecule has 1 N–H and O–H groups in total. The van der Waals surface area contributed by atoms with Gasteiger partial charge >= 0.3 is 0 Å². The molecule has 1 aliphatic heterocycles. The van der Waals surface area contributed by atoms with Crippen LogP contribution in [0.4, 0.5) is 0 Å². The Balaban J connectivity index is 1.82. The quantitative estimate of drug-likeness (QED) is 0.911. The summed E-state index contributed by atoms with van der Waals surface area (Å²) in [6, 6.07) is 6.90. The van der Waals surface area contributed by atoms with E-state index in [1.807, 2.05) is 0 Å². The van der Waals surface area contributed by atoms with Crippen molar-refractivity contribution in [3.05, 3.63) is 23.8 Å². The average Bonchev–Trinajstić information content (AvgIpc) is 2.52. The van der Waals surface area contributed by atoms with Gasteiger partial charge < -0.3 is 14.8 Å². The van der Waals surface area contributed by atoms with Crippen LogP contribution in [0.3, 0.4) is 0 Å². The molecule has 1 aliphatic carbocycles. The van der Waals surface area contributed by atoms with Crippen LogP contribution in [0.25, 0.3) is 0 Å². The number of hydrogen-bond acceptors (Lipinski definition) is 3. The van der Waals surface area contributed by atoms with Crippen molar-refractivity contribution in [3.63, 3.8) is 0 Å². The van der Waals surface area contributed by atoms with Gasteiger partial charge in [0.25, 0.3) is 0 Å². The lowest BCUT2D eigenvalue weighted by atomic mass is 9.76. The molecule has 1 heterocycles. The van der Waals surface area contributed by atoms with E-state index in [1.54, 1.807) is 0 Å². The summed E-state index contributed by atoms with van der Waals surface area (Å²) in [6.45, 7) is 6.89. The SMILES string of the molecule is CCNC(c1ccc2c(c1)OCCO2)C1CCCC(C)C1. The van der Waals surface area contributed by atoms with Gasteiger partial charge in [0.15, 0.2) is 11.5 Å². The van der Waals surface area contributed by atoms with E-state index in [0.29, 0.717) is 19.3 Å². The lowest BCUT2D eigenvalue weighted by molar-refractivity contribution is 0.170. The van der Waals surface area contributed by atoms with Crippen LogP contribution in [-0.2, 0) is 0 Å². The van der Waals surface area contributed by atoms with Gasteiger partial charge in [0.1, 0.15) is 13.2 Å². The van der Waals surface area contributed by atoms with Crippen molar-refractivity contribution < 1.29 is 9.47 Å². The Labute approximate surface area is 128 Å². The molecule has 3 heteroatoms. The molecule has 1 saturated carbocycles. The van der Waals surface area contributed by atoms with Crippen molar-refractivity contribution in [1.29, 1.82) is 0 Å². The van der Waals surface area contributed by atoms with Crippen molar-refractivity contribution in [2.45, 2.75) is 45.6 Å². The van der Waals surface area contributed by atoms with E-state index < -0.39 is 0 Å². The van der Waals surface area contributed by atoms with Crippen molar-refractivity contribution in [2.75, 3.05) is 19.8 Å². The molecule has 1 aromatic rings. The fourth-order valence-corrected chi connectivity index (χ4v) is 3.81. The molecule has 116 valence electrons. The molecule has 21 heavy (non-hydrogen) atoms. The van der Waals surface area contributed by atoms with Crippen LogP contribution in [0.15, 0.2) is 18.2 Å². The van der Waals surface area contributed by atoms with E-state index in [-0.39, 0.29) is 0 Å². The largest absolute Gasteiger partial charge is 0.486 e. The molecule has 3 unspecified atom stereocenters. The summed E-state index contributed by atoms with van der Waals surface area (Å²) in [5.41, 5.74) is 1.35. The first-order valence-electron chi connectivity index (χ1n) is 8.41. The molecule has 1 aromatic carbocycles. The monoisotopic (exact) mass is 289 g/mol. The fraction of sp³-hybridized carbons (Fsp3) is 0.667. The van der Waals surface area contributed by atoms with Gasteiger partial charge in [-0.3, -0.25) is 0 Å². The van der Waals surface area contributed by atoms with Gasteiger partial charge in [-0.25, -0.2) is 0 Å². The zero-order valence-corrected chi connectivity index (χ0v) is 13.2. The standard InChI is InChI=1S/C18H27NO2/c1-3-19-18(14-6-4-5-13(2)11-14)15-7-8-16-17(12-15)21-10-9-20-16/h7-8,12-14,18-19H,3-6,9-11H2,1-2H3. The number of benzene rings is 1. The zero-order valence-electron chi connectivity index (χ0n) is 13.2. The van der Waals surface area contributed by atoms with Gasteiger partial charge in [-0.1, -0.05) is 32.8 Å². The first-order valence-corrected chi connectivity index (χ1v) is 8.41. The van der Waals surface area contributed by atoms with Crippen LogP contribution in [-0.4, -0.2) is 19.8 Å². The summed E-state index contributed by atoms with van der Waals surface area (Å²) >= 11 is 0. The maximum absolute atomic E-state index is 5.75. The predicted molar refractivity (Wildman–Crippen MR) is 85.0 cm³/mol. The van der Waals surface area contributed by atoms with Gasteiger partial charge in [0, 0.05) is 6.04 Å². The molecule has 0 bridgehead atoms. The van der Waals surface area contributed by atoms with Gasteiger partial charge in [-0.05, 0) is 48.9 Å². The van der Waals surface area contributed by atoms with Crippen molar-refractivity contribution in [2.24, 2.45) is 11.8 Å². The van der Waals surface area contributed by atoms with Gasteiger partial charge in [0.2, 0.25) is 0 Å². The second-order valence-electron chi connectivity index (χ2n) is 6.47. The molecule has 0 aromatic heterocycles. The molecule has 3 rings (SSSR count). The van der Waals surface area contributed by atoms with E-state index in [9.17, 15) is 0 Å². The first kappa shape index (κ1) is 14.7. The van der Waals surface area contributed by atoms with Crippen molar-refractivity contribution >= 4 is 0 Å². The van der Waals surface area contributed by atoms with Crippen LogP contribution in [0.5, 0.6) is 11.5 Å². The maximum atomic E-state index is 5.75. The van der Waals surface area contributed by atoms with E-state index in [0.717, 1.165) is 29.9 Å². The molecule has 2 aliphatic rings. The van der Waals surface area contributed by atoms with Gasteiger partial charge in [-0.2, -0.15) is 0 Å². The second-order valence-corrected chi connectivity index (χ2v) is 6.47. The number of ether oxygens (including phenoxy) is 2. The molecule has 0 amide bonds. The van der Waals surface area contributed by atoms with Crippen molar-refractivity contribution in [3.8, 4) is 11.5 Å². The Hall–Kier alpha value is -1.22. The lowest BCUT2D eigenvalue weighted by Gasteiger charge is -2.34. The maximum Gasteiger partial charge on any atom is 0.161 e. The van der Waals surface area contributed by atoms with E-state index >= 15 is 0 Å². The molecular formula is C18H27NO2. The third-order valence-electron chi connectivity index (χ3n) is 4.80.